The molecule has 1 saturated heterocycles. The third kappa shape index (κ3) is 3.73. The molecule has 0 radical (unpaired) electrons. The lowest BCUT2D eigenvalue weighted by Gasteiger charge is -2.41. The second kappa shape index (κ2) is 7.11. The van der Waals surface area contributed by atoms with Gasteiger partial charge in [-0.05, 0) is 38.8 Å². The molecule has 1 unspecified atom stereocenters. The molecule has 2 aliphatic heterocycles. The van der Waals surface area contributed by atoms with Gasteiger partial charge in [0, 0.05) is 36.9 Å². The van der Waals surface area contributed by atoms with Gasteiger partial charge < -0.3 is 15.0 Å². The van der Waals surface area contributed by atoms with Crippen molar-refractivity contribution in [2.45, 2.75) is 38.8 Å². The molecule has 1 atom stereocenters. The van der Waals surface area contributed by atoms with E-state index in [1.165, 1.54) is 11.3 Å². The number of hydrogen-bond acceptors (Lipinski definition) is 4. The molecule has 5 heteroatoms. The topological polar surface area (TPSA) is 44.8 Å². The average molecular weight is 331 g/mol. The minimum absolute atomic E-state index is 0.0476. The summed E-state index contributed by atoms with van der Waals surface area (Å²) in [7, 11) is 0. The molecule has 0 saturated carbocycles. The zero-order chi connectivity index (χ0) is 17.2. The first-order valence-electron chi connectivity index (χ1n) is 8.91. The molecule has 0 aromatic heterocycles. The highest BCUT2D eigenvalue weighted by Gasteiger charge is 2.30. The average Bonchev–Trinajstić information content (AvgIpc) is 2.90. The normalized spacial score (nSPS) is 21.6. The number of rotatable bonds is 5. The SMILES string of the molecule is CC1Cc2ccccc2N1CC(=O)NCC(C)(C)N1CCOCC1. The number of fused-ring (bicyclic) bond motifs is 1. The van der Waals surface area contributed by atoms with Crippen LogP contribution in [0.15, 0.2) is 24.3 Å². The largest absolute Gasteiger partial charge is 0.379 e. The van der Waals surface area contributed by atoms with Crippen molar-refractivity contribution in [2.75, 3.05) is 44.3 Å². The maximum atomic E-state index is 12.5. The van der Waals surface area contributed by atoms with Gasteiger partial charge in [-0.1, -0.05) is 18.2 Å². The van der Waals surface area contributed by atoms with Crippen molar-refractivity contribution in [1.29, 1.82) is 0 Å². The van der Waals surface area contributed by atoms with Crippen LogP contribution in [-0.2, 0) is 16.0 Å². The fraction of sp³-hybridized carbons (Fsp3) is 0.632. The molecule has 0 aliphatic carbocycles. The number of anilines is 1. The standard InChI is InChI=1S/C19H29N3O2/c1-15-12-16-6-4-5-7-17(16)22(15)13-18(23)20-14-19(2,3)21-8-10-24-11-9-21/h4-7,15H,8-14H2,1-3H3,(H,20,23). The molecule has 24 heavy (non-hydrogen) atoms. The molecule has 1 N–H and O–H groups in total. The van der Waals surface area contributed by atoms with Crippen LogP contribution in [0.25, 0.3) is 0 Å². The van der Waals surface area contributed by atoms with Gasteiger partial charge >= 0.3 is 0 Å². The van der Waals surface area contributed by atoms with Gasteiger partial charge in [0.15, 0.2) is 0 Å². The highest BCUT2D eigenvalue weighted by molar-refractivity contribution is 5.82. The second-order valence-electron chi connectivity index (χ2n) is 7.50. The molecular formula is C19H29N3O2. The molecule has 132 valence electrons. The Bertz CT molecular complexity index is 582. The van der Waals surface area contributed by atoms with Crippen molar-refractivity contribution < 1.29 is 9.53 Å². The number of nitrogens with one attached hydrogen (secondary N) is 1. The zero-order valence-electron chi connectivity index (χ0n) is 15.0. The van der Waals surface area contributed by atoms with Crippen molar-refractivity contribution in [1.82, 2.24) is 10.2 Å². The van der Waals surface area contributed by atoms with E-state index in [0.717, 1.165) is 32.7 Å². The fourth-order valence-corrected chi connectivity index (χ4v) is 3.68. The predicted octanol–water partition coefficient (Wildman–Crippen LogP) is 1.66. The maximum absolute atomic E-state index is 12.5. The number of amides is 1. The summed E-state index contributed by atoms with van der Waals surface area (Å²) in [5.41, 5.74) is 2.49. The van der Waals surface area contributed by atoms with Gasteiger partial charge in [-0.3, -0.25) is 9.69 Å². The number of nitrogens with zero attached hydrogens (tertiary/aromatic N) is 2. The summed E-state index contributed by atoms with van der Waals surface area (Å²) in [4.78, 5) is 17.1. The summed E-state index contributed by atoms with van der Waals surface area (Å²) in [6.45, 7) is 11.1. The molecule has 0 spiro atoms. The highest BCUT2D eigenvalue weighted by Crippen LogP contribution is 2.31. The third-order valence-corrected chi connectivity index (χ3v) is 5.25. The van der Waals surface area contributed by atoms with E-state index in [9.17, 15) is 4.79 Å². The summed E-state index contributed by atoms with van der Waals surface area (Å²) in [5, 5.41) is 3.14. The zero-order valence-corrected chi connectivity index (χ0v) is 15.0. The van der Waals surface area contributed by atoms with Crippen LogP contribution in [0.5, 0.6) is 0 Å². The van der Waals surface area contributed by atoms with Gasteiger partial charge in [-0.25, -0.2) is 0 Å². The molecule has 1 fully saturated rings. The Labute approximate surface area is 145 Å². The van der Waals surface area contributed by atoms with E-state index in [-0.39, 0.29) is 11.4 Å². The van der Waals surface area contributed by atoms with Crippen LogP contribution in [0.2, 0.25) is 0 Å². The monoisotopic (exact) mass is 331 g/mol. The van der Waals surface area contributed by atoms with Crippen molar-refractivity contribution >= 4 is 11.6 Å². The van der Waals surface area contributed by atoms with E-state index in [1.807, 2.05) is 6.07 Å². The molecule has 3 rings (SSSR count). The van der Waals surface area contributed by atoms with Crippen molar-refractivity contribution in [3.05, 3.63) is 29.8 Å². The van der Waals surface area contributed by atoms with E-state index >= 15 is 0 Å². The van der Waals surface area contributed by atoms with E-state index in [2.05, 4.69) is 54.1 Å². The molecular weight excluding hydrogens is 302 g/mol. The molecule has 2 heterocycles. The Morgan fingerprint density at radius 1 is 1.29 bits per heavy atom. The van der Waals surface area contributed by atoms with E-state index in [4.69, 9.17) is 4.74 Å². The lowest BCUT2D eigenvalue weighted by Crippen LogP contribution is -2.56. The van der Waals surface area contributed by atoms with Crippen LogP contribution in [-0.4, -0.2) is 61.8 Å². The number of hydrogen-bond donors (Lipinski definition) is 1. The summed E-state index contributed by atoms with van der Waals surface area (Å²) >= 11 is 0. The Kier molecular flexibility index (Phi) is 5.11. The van der Waals surface area contributed by atoms with Crippen LogP contribution in [0, 0.1) is 0 Å². The number of para-hydroxylation sites is 1. The first-order valence-corrected chi connectivity index (χ1v) is 8.91. The minimum atomic E-state index is -0.0476. The Morgan fingerprint density at radius 3 is 2.75 bits per heavy atom. The van der Waals surface area contributed by atoms with Gasteiger partial charge in [0.25, 0.3) is 0 Å². The summed E-state index contributed by atoms with van der Waals surface area (Å²) in [6, 6.07) is 8.76. The van der Waals surface area contributed by atoms with Crippen LogP contribution < -0.4 is 10.2 Å². The number of ether oxygens (including phenoxy) is 1. The van der Waals surface area contributed by atoms with Crippen LogP contribution in [0.1, 0.15) is 26.3 Å². The summed E-state index contributed by atoms with van der Waals surface area (Å²) < 4.78 is 5.42. The van der Waals surface area contributed by atoms with Crippen molar-refractivity contribution in [3.8, 4) is 0 Å². The molecule has 1 aromatic carbocycles. The Morgan fingerprint density at radius 2 is 2.00 bits per heavy atom. The quantitative estimate of drug-likeness (QED) is 0.891. The molecule has 2 aliphatic rings. The number of morpholine rings is 1. The van der Waals surface area contributed by atoms with E-state index in [1.54, 1.807) is 0 Å². The fourth-order valence-electron chi connectivity index (χ4n) is 3.68. The van der Waals surface area contributed by atoms with E-state index in [0.29, 0.717) is 19.1 Å². The van der Waals surface area contributed by atoms with Crippen LogP contribution in [0.3, 0.4) is 0 Å². The number of benzene rings is 1. The van der Waals surface area contributed by atoms with Gasteiger partial charge in [0.2, 0.25) is 5.91 Å². The van der Waals surface area contributed by atoms with Gasteiger partial charge in [-0.15, -0.1) is 0 Å². The first-order chi connectivity index (χ1) is 11.5. The van der Waals surface area contributed by atoms with Gasteiger partial charge in [-0.2, -0.15) is 0 Å². The molecule has 0 bridgehead atoms. The Balaban J connectivity index is 1.54. The van der Waals surface area contributed by atoms with Gasteiger partial charge in [0.1, 0.15) is 0 Å². The lowest BCUT2D eigenvalue weighted by atomic mass is 10.0. The second-order valence-corrected chi connectivity index (χ2v) is 7.50. The van der Waals surface area contributed by atoms with Crippen LogP contribution in [0.4, 0.5) is 5.69 Å². The smallest absolute Gasteiger partial charge is 0.239 e. The Hall–Kier alpha value is -1.59. The molecule has 1 amide bonds. The maximum Gasteiger partial charge on any atom is 0.239 e. The minimum Gasteiger partial charge on any atom is -0.379 e. The van der Waals surface area contributed by atoms with E-state index < -0.39 is 0 Å². The molecule has 5 nitrogen and oxygen atoms in total. The predicted molar refractivity (Wildman–Crippen MR) is 96.4 cm³/mol. The summed E-state index contributed by atoms with van der Waals surface area (Å²) in [5.74, 6) is 0.0971. The molecule has 1 aromatic rings. The van der Waals surface area contributed by atoms with Crippen molar-refractivity contribution in [3.63, 3.8) is 0 Å². The van der Waals surface area contributed by atoms with Crippen molar-refractivity contribution in [2.24, 2.45) is 0 Å². The number of carbonyl (C=O) groups is 1. The first kappa shape index (κ1) is 17.2. The lowest BCUT2D eigenvalue weighted by molar-refractivity contribution is -0.120. The third-order valence-electron chi connectivity index (χ3n) is 5.25. The highest BCUT2D eigenvalue weighted by atomic mass is 16.5. The summed E-state index contributed by atoms with van der Waals surface area (Å²) in [6.07, 6.45) is 1.02. The van der Waals surface area contributed by atoms with Gasteiger partial charge in [0.05, 0.1) is 19.8 Å². The number of carbonyl (C=O) groups excluding carboxylic acids is 1. The van der Waals surface area contributed by atoms with Crippen LogP contribution >= 0.6 is 0 Å².